The predicted octanol–water partition coefficient (Wildman–Crippen LogP) is 2.75. The number of para-hydroxylation sites is 2. The van der Waals surface area contributed by atoms with Gasteiger partial charge < -0.3 is 15.8 Å². The van der Waals surface area contributed by atoms with Crippen molar-refractivity contribution in [3.8, 4) is 5.75 Å². The lowest BCUT2D eigenvalue weighted by Crippen LogP contribution is -2.34. The lowest BCUT2D eigenvalue weighted by molar-refractivity contribution is -0.385. The molecule has 1 aliphatic rings. The van der Waals surface area contributed by atoms with Gasteiger partial charge in [0, 0.05) is 11.8 Å². The average molecular weight is 341 g/mol. The Morgan fingerprint density at radius 1 is 1.32 bits per heavy atom. The van der Waals surface area contributed by atoms with Crippen LogP contribution >= 0.6 is 0 Å². The highest BCUT2D eigenvalue weighted by atomic mass is 16.6. The number of nitro benzene ring substituents is 1. The Morgan fingerprint density at radius 2 is 2.12 bits per heavy atom. The molecule has 1 unspecified atom stereocenters. The van der Waals surface area contributed by atoms with Gasteiger partial charge in [-0.2, -0.15) is 0 Å². The SMILES string of the molecule is Nc1ccc2c(c1)CCCC2NC(=O)COc1ccccc1[N+](=O)[O-]. The minimum atomic E-state index is -0.533. The van der Waals surface area contributed by atoms with E-state index in [-0.39, 0.29) is 30.0 Å². The minimum absolute atomic E-state index is 0.0828. The van der Waals surface area contributed by atoms with Crippen LogP contribution in [0.15, 0.2) is 42.5 Å². The summed E-state index contributed by atoms with van der Waals surface area (Å²) in [5.41, 5.74) is 8.59. The van der Waals surface area contributed by atoms with Crippen molar-refractivity contribution >= 4 is 17.3 Å². The molecule has 0 fully saturated rings. The van der Waals surface area contributed by atoms with Crippen molar-refractivity contribution < 1.29 is 14.5 Å². The maximum absolute atomic E-state index is 12.2. The first-order chi connectivity index (χ1) is 12.0. The van der Waals surface area contributed by atoms with Crippen molar-refractivity contribution in [3.63, 3.8) is 0 Å². The molecule has 0 radical (unpaired) electrons. The van der Waals surface area contributed by atoms with Crippen molar-refractivity contribution in [1.29, 1.82) is 0 Å². The standard InChI is InChI=1S/C18H19N3O4/c19-13-8-9-14-12(10-13)4-3-5-15(14)20-18(22)11-25-17-7-2-1-6-16(17)21(23)24/h1-2,6-10,15H,3-5,11,19H2,(H,20,22). The fraction of sp³-hybridized carbons (Fsp3) is 0.278. The van der Waals surface area contributed by atoms with Crippen LogP contribution in [0.1, 0.15) is 30.0 Å². The van der Waals surface area contributed by atoms with Crippen molar-refractivity contribution in [2.24, 2.45) is 0 Å². The van der Waals surface area contributed by atoms with Crippen molar-refractivity contribution in [2.75, 3.05) is 12.3 Å². The van der Waals surface area contributed by atoms with Gasteiger partial charge in [-0.15, -0.1) is 0 Å². The third-order valence-electron chi connectivity index (χ3n) is 4.24. The van der Waals surface area contributed by atoms with Gasteiger partial charge in [0.15, 0.2) is 12.4 Å². The molecule has 1 atom stereocenters. The number of ether oxygens (including phenoxy) is 1. The Kier molecular flexibility index (Phi) is 4.83. The van der Waals surface area contributed by atoms with Gasteiger partial charge >= 0.3 is 5.69 Å². The second-order valence-electron chi connectivity index (χ2n) is 5.98. The Hall–Kier alpha value is -3.09. The molecular weight excluding hydrogens is 322 g/mol. The van der Waals surface area contributed by atoms with E-state index in [0.29, 0.717) is 5.69 Å². The van der Waals surface area contributed by atoms with E-state index in [0.717, 1.165) is 30.4 Å². The Labute approximate surface area is 144 Å². The van der Waals surface area contributed by atoms with Crippen LogP contribution < -0.4 is 15.8 Å². The van der Waals surface area contributed by atoms with Crippen LogP contribution in [0.25, 0.3) is 0 Å². The molecule has 0 heterocycles. The van der Waals surface area contributed by atoms with Crippen molar-refractivity contribution in [1.82, 2.24) is 5.32 Å². The minimum Gasteiger partial charge on any atom is -0.477 e. The summed E-state index contributed by atoms with van der Waals surface area (Å²) in [5.74, 6) is -0.229. The summed E-state index contributed by atoms with van der Waals surface area (Å²) < 4.78 is 5.34. The van der Waals surface area contributed by atoms with Crippen LogP contribution in [0.4, 0.5) is 11.4 Å². The number of nitrogens with two attached hydrogens (primary N) is 1. The lowest BCUT2D eigenvalue weighted by Gasteiger charge is -2.26. The summed E-state index contributed by atoms with van der Waals surface area (Å²) in [4.78, 5) is 22.6. The molecule has 3 rings (SSSR count). The van der Waals surface area contributed by atoms with E-state index in [4.69, 9.17) is 10.5 Å². The summed E-state index contributed by atoms with van der Waals surface area (Å²) in [6.07, 6.45) is 2.75. The van der Waals surface area contributed by atoms with Gasteiger partial charge in [0.1, 0.15) is 0 Å². The number of anilines is 1. The number of nitrogens with one attached hydrogen (secondary N) is 1. The number of carbonyl (C=O) groups is 1. The molecule has 0 saturated heterocycles. The topological polar surface area (TPSA) is 107 Å². The molecule has 0 bridgehead atoms. The van der Waals surface area contributed by atoms with Crippen LogP contribution in [0.5, 0.6) is 5.75 Å². The zero-order valence-corrected chi connectivity index (χ0v) is 13.6. The maximum Gasteiger partial charge on any atom is 0.310 e. The summed E-state index contributed by atoms with van der Waals surface area (Å²) in [6, 6.07) is 11.6. The number of fused-ring (bicyclic) bond motifs is 1. The summed E-state index contributed by atoms with van der Waals surface area (Å²) in [7, 11) is 0. The molecule has 25 heavy (non-hydrogen) atoms. The van der Waals surface area contributed by atoms with Crippen molar-refractivity contribution in [2.45, 2.75) is 25.3 Å². The first-order valence-corrected chi connectivity index (χ1v) is 8.08. The zero-order valence-electron chi connectivity index (χ0n) is 13.6. The van der Waals surface area contributed by atoms with E-state index < -0.39 is 4.92 Å². The van der Waals surface area contributed by atoms with Gasteiger partial charge in [0.05, 0.1) is 11.0 Å². The van der Waals surface area contributed by atoms with Gasteiger partial charge in [0.2, 0.25) is 0 Å². The van der Waals surface area contributed by atoms with E-state index in [1.807, 2.05) is 18.2 Å². The second kappa shape index (κ2) is 7.21. The molecule has 0 aliphatic heterocycles. The van der Waals surface area contributed by atoms with Gasteiger partial charge in [-0.25, -0.2) is 0 Å². The molecule has 1 aliphatic carbocycles. The molecule has 3 N–H and O–H groups in total. The fourth-order valence-corrected chi connectivity index (χ4v) is 3.09. The number of aryl methyl sites for hydroxylation is 1. The van der Waals surface area contributed by atoms with Gasteiger partial charge in [-0.05, 0) is 48.6 Å². The smallest absolute Gasteiger partial charge is 0.310 e. The van der Waals surface area contributed by atoms with Gasteiger partial charge in [-0.3, -0.25) is 14.9 Å². The van der Waals surface area contributed by atoms with Crippen molar-refractivity contribution in [3.05, 3.63) is 63.7 Å². The number of hydrogen-bond acceptors (Lipinski definition) is 5. The quantitative estimate of drug-likeness (QED) is 0.494. The summed E-state index contributed by atoms with van der Waals surface area (Å²) >= 11 is 0. The molecule has 0 aromatic heterocycles. The number of nitrogen functional groups attached to an aromatic ring is 1. The molecule has 7 heteroatoms. The fourth-order valence-electron chi connectivity index (χ4n) is 3.09. The number of benzene rings is 2. The summed E-state index contributed by atoms with van der Waals surface area (Å²) in [5, 5.41) is 13.9. The monoisotopic (exact) mass is 341 g/mol. The van der Waals surface area contributed by atoms with E-state index in [1.54, 1.807) is 12.1 Å². The largest absolute Gasteiger partial charge is 0.477 e. The van der Waals surface area contributed by atoms with Crippen LogP contribution in [-0.2, 0) is 11.2 Å². The number of amides is 1. The normalized spacial score (nSPS) is 15.9. The second-order valence-corrected chi connectivity index (χ2v) is 5.98. The number of carbonyl (C=O) groups excluding carboxylic acids is 1. The third kappa shape index (κ3) is 3.88. The van der Waals surface area contributed by atoms with Gasteiger partial charge in [0.25, 0.3) is 5.91 Å². The van der Waals surface area contributed by atoms with Gasteiger partial charge in [-0.1, -0.05) is 18.2 Å². The number of nitrogens with zero attached hydrogens (tertiary/aromatic N) is 1. The maximum atomic E-state index is 12.2. The third-order valence-corrected chi connectivity index (χ3v) is 4.24. The highest BCUT2D eigenvalue weighted by Gasteiger charge is 2.22. The molecular formula is C18H19N3O4. The summed E-state index contributed by atoms with van der Waals surface area (Å²) in [6.45, 7) is -0.272. The molecule has 0 saturated carbocycles. The first kappa shape index (κ1) is 16.8. The molecule has 1 amide bonds. The Balaban J connectivity index is 1.64. The Morgan fingerprint density at radius 3 is 2.92 bits per heavy atom. The average Bonchev–Trinajstić information content (AvgIpc) is 2.60. The number of rotatable bonds is 5. The van der Waals surface area contributed by atoms with E-state index in [1.165, 1.54) is 12.1 Å². The number of hydrogen-bond donors (Lipinski definition) is 2. The lowest BCUT2D eigenvalue weighted by atomic mass is 9.87. The number of nitro groups is 1. The highest BCUT2D eigenvalue weighted by molar-refractivity contribution is 5.78. The van der Waals surface area contributed by atoms with Crippen LogP contribution in [0.2, 0.25) is 0 Å². The molecule has 0 spiro atoms. The molecule has 130 valence electrons. The van der Waals surface area contributed by atoms with E-state index in [2.05, 4.69) is 5.32 Å². The molecule has 2 aromatic rings. The van der Waals surface area contributed by atoms with Crippen LogP contribution in [0.3, 0.4) is 0 Å². The highest BCUT2D eigenvalue weighted by Crippen LogP contribution is 2.31. The Bertz CT molecular complexity index is 807. The van der Waals surface area contributed by atoms with E-state index >= 15 is 0 Å². The van der Waals surface area contributed by atoms with Crippen LogP contribution in [0, 0.1) is 10.1 Å². The first-order valence-electron chi connectivity index (χ1n) is 8.08. The zero-order chi connectivity index (χ0) is 17.8. The van der Waals surface area contributed by atoms with E-state index in [9.17, 15) is 14.9 Å². The van der Waals surface area contributed by atoms with Crippen LogP contribution in [-0.4, -0.2) is 17.4 Å². The predicted molar refractivity (Wildman–Crippen MR) is 93.3 cm³/mol. The molecule has 2 aromatic carbocycles. The molecule has 7 nitrogen and oxygen atoms in total.